The third kappa shape index (κ3) is 3.20. The van der Waals surface area contributed by atoms with Crippen molar-refractivity contribution in [3.05, 3.63) is 54.2 Å². The molecule has 6 nitrogen and oxygen atoms in total. The van der Waals surface area contributed by atoms with Crippen LogP contribution in [0.3, 0.4) is 0 Å². The van der Waals surface area contributed by atoms with Crippen LogP contribution in [0.2, 0.25) is 0 Å². The molecule has 7 heteroatoms. The van der Waals surface area contributed by atoms with Crippen LogP contribution >= 0.6 is 11.3 Å². The summed E-state index contributed by atoms with van der Waals surface area (Å²) < 4.78 is 16.3. The molecule has 0 aliphatic rings. The van der Waals surface area contributed by atoms with E-state index in [1.54, 1.807) is 39.0 Å². The summed E-state index contributed by atoms with van der Waals surface area (Å²) in [6, 6.07) is 13.6. The Labute approximate surface area is 166 Å². The molecule has 0 unspecified atom stereocenters. The zero-order valence-corrected chi connectivity index (χ0v) is 16.5. The van der Waals surface area contributed by atoms with Crippen molar-refractivity contribution in [3.8, 4) is 28.4 Å². The van der Waals surface area contributed by atoms with Crippen LogP contribution in [-0.4, -0.2) is 31.3 Å². The molecule has 4 aromatic rings. The van der Waals surface area contributed by atoms with Crippen LogP contribution in [0, 0.1) is 0 Å². The first-order valence-corrected chi connectivity index (χ1v) is 9.47. The van der Waals surface area contributed by atoms with Gasteiger partial charge in [-0.05, 0) is 29.8 Å². The van der Waals surface area contributed by atoms with Gasteiger partial charge < -0.3 is 19.5 Å². The average Bonchev–Trinajstić information content (AvgIpc) is 3.19. The third-order valence-corrected chi connectivity index (χ3v) is 5.31. The number of hydrogen-bond donors (Lipinski definition) is 1. The minimum atomic E-state index is 0.676. The van der Waals surface area contributed by atoms with Crippen LogP contribution < -0.4 is 19.5 Å². The molecule has 0 amide bonds. The fraction of sp³-hybridized carbons (Fsp3) is 0.143. The molecule has 142 valence electrons. The summed E-state index contributed by atoms with van der Waals surface area (Å²) in [7, 11) is 4.90. The summed E-state index contributed by atoms with van der Waals surface area (Å²) in [6.45, 7) is 0. The van der Waals surface area contributed by atoms with E-state index in [1.165, 1.54) is 0 Å². The molecule has 1 N–H and O–H groups in total. The molecule has 0 bridgehead atoms. The maximum Gasteiger partial charge on any atom is 0.161 e. The molecule has 0 saturated heterocycles. The number of benzene rings is 2. The number of nitrogens with one attached hydrogen (secondary N) is 1. The molecule has 0 atom stereocenters. The van der Waals surface area contributed by atoms with Crippen molar-refractivity contribution in [3.63, 3.8) is 0 Å². The predicted molar refractivity (Wildman–Crippen MR) is 112 cm³/mol. The summed E-state index contributed by atoms with van der Waals surface area (Å²) in [5.74, 6) is 2.84. The standard InChI is InChI=1S/C21H19N3O3S/c1-25-16-7-5-4-6-15(16)24-20-19-14(11-28-21(19)23-12-22-20)13-8-9-17(26-2)18(10-13)27-3/h4-12H,1-3H3,(H,22,23,24). The first-order valence-electron chi connectivity index (χ1n) is 8.59. The second-order valence-electron chi connectivity index (χ2n) is 5.95. The highest BCUT2D eigenvalue weighted by atomic mass is 32.1. The van der Waals surface area contributed by atoms with Crippen molar-refractivity contribution < 1.29 is 14.2 Å². The van der Waals surface area contributed by atoms with Crippen molar-refractivity contribution in [1.29, 1.82) is 0 Å². The number of para-hydroxylation sites is 2. The Morgan fingerprint density at radius 2 is 1.64 bits per heavy atom. The molecular formula is C21H19N3O3S. The number of aromatic nitrogens is 2. The van der Waals surface area contributed by atoms with Gasteiger partial charge in [-0.3, -0.25) is 0 Å². The fourth-order valence-electron chi connectivity index (χ4n) is 3.06. The lowest BCUT2D eigenvalue weighted by Crippen LogP contribution is -1.98. The maximum atomic E-state index is 5.46. The highest BCUT2D eigenvalue weighted by Gasteiger charge is 2.16. The molecule has 0 aliphatic heterocycles. The number of anilines is 2. The van der Waals surface area contributed by atoms with Crippen LogP contribution in [0.15, 0.2) is 54.2 Å². The quantitative estimate of drug-likeness (QED) is 0.490. The number of hydrogen-bond acceptors (Lipinski definition) is 7. The molecule has 0 fully saturated rings. The number of fused-ring (bicyclic) bond motifs is 1. The van der Waals surface area contributed by atoms with E-state index in [0.717, 1.165) is 38.6 Å². The monoisotopic (exact) mass is 393 g/mol. The second-order valence-corrected chi connectivity index (χ2v) is 6.80. The molecule has 2 aromatic carbocycles. The van der Waals surface area contributed by atoms with Gasteiger partial charge in [-0.2, -0.15) is 0 Å². The Morgan fingerprint density at radius 3 is 2.43 bits per heavy atom. The van der Waals surface area contributed by atoms with Crippen LogP contribution in [0.1, 0.15) is 0 Å². The normalized spacial score (nSPS) is 10.7. The van der Waals surface area contributed by atoms with Crippen LogP contribution in [0.4, 0.5) is 11.5 Å². The van der Waals surface area contributed by atoms with Gasteiger partial charge in [-0.1, -0.05) is 18.2 Å². The Kier molecular flexibility index (Phi) is 4.99. The Balaban J connectivity index is 1.84. The van der Waals surface area contributed by atoms with Gasteiger partial charge in [-0.25, -0.2) is 9.97 Å². The topological polar surface area (TPSA) is 65.5 Å². The zero-order chi connectivity index (χ0) is 19.5. The molecule has 0 saturated carbocycles. The van der Waals surface area contributed by atoms with Crippen molar-refractivity contribution in [2.24, 2.45) is 0 Å². The lowest BCUT2D eigenvalue weighted by Gasteiger charge is -2.12. The van der Waals surface area contributed by atoms with E-state index in [1.807, 2.05) is 42.5 Å². The lowest BCUT2D eigenvalue weighted by atomic mass is 10.1. The first-order chi connectivity index (χ1) is 13.7. The Bertz CT molecular complexity index is 1130. The minimum absolute atomic E-state index is 0.676. The molecule has 28 heavy (non-hydrogen) atoms. The van der Waals surface area contributed by atoms with Gasteiger partial charge in [-0.15, -0.1) is 11.3 Å². The number of nitrogens with zero attached hydrogens (tertiary/aromatic N) is 2. The number of rotatable bonds is 6. The van der Waals surface area contributed by atoms with Gasteiger partial charge in [0, 0.05) is 10.9 Å². The smallest absolute Gasteiger partial charge is 0.161 e. The Morgan fingerprint density at radius 1 is 0.857 bits per heavy atom. The van der Waals surface area contributed by atoms with Gasteiger partial charge >= 0.3 is 0 Å². The van der Waals surface area contributed by atoms with Gasteiger partial charge in [0.05, 0.1) is 32.4 Å². The van der Waals surface area contributed by atoms with E-state index in [0.29, 0.717) is 11.5 Å². The largest absolute Gasteiger partial charge is 0.495 e. The molecule has 4 rings (SSSR count). The van der Waals surface area contributed by atoms with Crippen molar-refractivity contribution in [1.82, 2.24) is 9.97 Å². The van der Waals surface area contributed by atoms with Crippen LogP contribution in [-0.2, 0) is 0 Å². The summed E-state index contributed by atoms with van der Waals surface area (Å²) in [4.78, 5) is 9.81. The molecular weight excluding hydrogens is 374 g/mol. The van der Waals surface area contributed by atoms with E-state index in [4.69, 9.17) is 14.2 Å². The molecule has 2 aromatic heterocycles. The highest BCUT2D eigenvalue weighted by Crippen LogP contribution is 2.41. The summed E-state index contributed by atoms with van der Waals surface area (Å²) in [6.07, 6.45) is 1.56. The van der Waals surface area contributed by atoms with Crippen molar-refractivity contribution >= 4 is 33.1 Å². The van der Waals surface area contributed by atoms with Crippen molar-refractivity contribution in [2.45, 2.75) is 0 Å². The molecule has 0 aliphatic carbocycles. The van der Waals surface area contributed by atoms with Gasteiger partial charge in [0.1, 0.15) is 22.7 Å². The molecule has 0 spiro atoms. The first kappa shape index (κ1) is 18.1. The predicted octanol–water partition coefficient (Wildman–Crippen LogP) is 5.13. The lowest BCUT2D eigenvalue weighted by molar-refractivity contribution is 0.355. The van der Waals surface area contributed by atoms with E-state index < -0.39 is 0 Å². The summed E-state index contributed by atoms with van der Waals surface area (Å²) in [5.41, 5.74) is 2.87. The number of thiophene rings is 1. The number of methoxy groups -OCH3 is 3. The van der Waals surface area contributed by atoms with Gasteiger partial charge in [0.25, 0.3) is 0 Å². The Hall–Kier alpha value is -3.32. The average molecular weight is 393 g/mol. The summed E-state index contributed by atoms with van der Waals surface area (Å²) >= 11 is 1.57. The summed E-state index contributed by atoms with van der Waals surface area (Å²) in [5, 5.41) is 6.42. The van der Waals surface area contributed by atoms with E-state index >= 15 is 0 Å². The fourth-order valence-corrected chi connectivity index (χ4v) is 3.98. The van der Waals surface area contributed by atoms with E-state index in [-0.39, 0.29) is 0 Å². The maximum absolute atomic E-state index is 5.46. The SMILES string of the molecule is COc1ccccc1Nc1ncnc2scc(-c3ccc(OC)c(OC)c3)c12. The second kappa shape index (κ2) is 7.74. The van der Waals surface area contributed by atoms with E-state index in [9.17, 15) is 0 Å². The van der Waals surface area contributed by atoms with Gasteiger partial charge in [0.2, 0.25) is 0 Å². The number of ether oxygens (including phenoxy) is 3. The van der Waals surface area contributed by atoms with Crippen LogP contribution in [0.5, 0.6) is 17.2 Å². The van der Waals surface area contributed by atoms with Gasteiger partial charge in [0.15, 0.2) is 11.5 Å². The molecule has 2 heterocycles. The van der Waals surface area contributed by atoms with E-state index in [2.05, 4.69) is 20.7 Å². The third-order valence-electron chi connectivity index (χ3n) is 4.42. The molecule has 0 radical (unpaired) electrons. The minimum Gasteiger partial charge on any atom is -0.495 e. The zero-order valence-electron chi connectivity index (χ0n) is 15.7. The highest BCUT2D eigenvalue weighted by molar-refractivity contribution is 7.17. The van der Waals surface area contributed by atoms with Crippen molar-refractivity contribution in [2.75, 3.05) is 26.6 Å². The van der Waals surface area contributed by atoms with Crippen LogP contribution in [0.25, 0.3) is 21.3 Å².